The Hall–Kier alpha value is -1.38. The van der Waals surface area contributed by atoms with Crippen molar-refractivity contribution >= 4 is 37.5 Å². The number of hydrogen-bond acceptors (Lipinski definition) is 1. The van der Waals surface area contributed by atoms with Gasteiger partial charge in [0.2, 0.25) is 0 Å². The minimum absolute atomic E-state index is 0.295. The van der Waals surface area contributed by atoms with E-state index in [-0.39, 0.29) is 5.60 Å². The second-order valence-corrected chi connectivity index (χ2v) is 10.3. The molecule has 0 radical (unpaired) electrons. The quantitative estimate of drug-likeness (QED) is 0.352. The Morgan fingerprint density at radius 2 is 1.62 bits per heavy atom. The zero-order valence-corrected chi connectivity index (χ0v) is 19.8. The molecule has 0 spiro atoms. The molecule has 1 nitrogen and oxygen atoms in total. The minimum atomic E-state index is -0.295. The van der Waals surface area contributed by atoms with E-state index in [0.29, 0.717) is 6.10 Å². The summed E-state index contributed by atoms with van der Waals surface area (Å²) in [5.41, 5.74) is 0.951. The van der Waals surface area contributed by atoms with Gasteiger partial charge in [-0.3, -0.25) is 0 Å². The van der Waals surface area contributed by atoms with Crippen molar-refractivity contribution in [2.24, 2.45) is 11.8 Å². The maximum atomic E-state index is 6.70. The molecule has 3 aromatic carbocycles. The molecule has 0 bridgehead atoms. The lowest BCUT2D eigenvalue weighted by molar-refractivity contribution is -0.0955. The van der Waals surface area contributed by atoms with E-state index in [1.807, 2.05) is 0 Å². The largest absolute Gasteiger partial charge is 0.368 e. The lowest BCUT2D eigenvalue weighted by atomic mass is 9.78. The van der Waals surface area contributed by atoms with Gasteiger partial charge in [-0.2, -0.15) is 0 Å². The molecule has 1 aliphatic carbocycles. The molecule has 0 N–H and O–H groups in total. The van der Waals surface area contributed by atoms with Gasteiger partial charge < -0.3 is 4.74 Å². The van der Waals surface area contributed by atoms with Crippen LogP contribution < -0.4 is 0 Å². The highest BCUT2D eigenvalue weighted by atomic mass is 79.9. The third-order valence-electron chi connectivity index (χ3n) is 7.09. The summed E-state index contributed by atoms with van der Waals surface area (Å²) in [4.78, 5) is 0. The van der Waals surface area contributed by atoms with Crippen LogP contribution in [-0.2, 0) is 10.3 Å². The molecule has 154 valence electrons. The van der Waals surface area contributed by atoms with Crippen LogP contribution >= 0.6 is 15.9 Å². The van der Waals surface area contributed by atoms with Crippen LogP contribution in [0.3, 0.4) is 0 Å². The standard InChI is InChI=1S/C27H33BrO/c1-5-18(2)19-10-12-24(13-11-19)29-27(3,4)23-15-22-14-20-8-6-7-9-21(20)16-25(22)26(28)17-23/h6-9,14-19,24H,5,10-13H2,1-4H3. The van der Waals surface area contributed by atoms with Crippen molar-refractivity contribution in [2.75, 3.05) is 0 Å². The van der Waals surface area contributed by atoms with Gasteiger partial charge in [0, 0.05) is 4.47 Å². The highest BCUT2D eigenvalue weighted by molar-refractivity contribution is 9.10. The summed E-state index contributed by atoms with van der Waals surface area (Å²) < 4.78 is 7.84. The monoisotopic (exact) mass is 452 g/mol. The zero-order chi connectivity index (χ0) is 20.6. The lowest BCUT2D eigenvalue weighted by Gasteiger charge is -2.37. The third-order valence-corrected chi connectivity index (χ3v) is 7.75. The fourth-order valence-electron chi connectivity index (χ4n) is 4.95. The molecule has 1 aliphatic rings. The van der Waals surface area contributed by atoms with Gasteiger partial charge >= 0.3 is 0 Å². The van der Waals surface area contributed by atoms with Gasteiger partial charge in [-0.05, 0) is 103 Å². The fraction of sp³-hybridized carbons (Fsp3) is 0.481. The number of fused-ring (bicyclic) bond motifs is 2. The smallest absolute Gasteiger partial charge is 0.0879 e. The van der Waals surface area contributed by atoms with Crippen molar-refractivity contribution in [1.82, 2.24) is 0 Å². The van der Waals surface area contributed by atoms with Gasteiger partial charge in [-0.25, -0.2) is 0 Å². The minimum Gasteiger partial charge on any atom is -0.368 e. The second kappa shape index (κ2) is 8.40. The molecule has 0 aliphatic heterocycles. The number of halogens is 1. The molecule has 0 aromatic heterocycles. The van der Waals surface area contributed by atoms with Gasteiger partial charge in [0.1, 0.15) is 0 Å². The Balaban J connectivity index is 1.57. The van der Waals surface area contributed by atoms with Crippen LogP contribution in [0, 0.1) is 11.8 Å². The topological polar surface area (TPSA) is 9.23 Å². The average molecular weight is 453 g/mol. The summed E-state index contributed by atoms with van der Waals surface area (Å²) >= 11 is 3.83. The van der Waals surface area contributed by atoms with Crippen LogP contribution in [-0.4, -0.2) is 6.10 Å². The van der Waals surface area contributed by atoms with E-state index < -0.39 is 0 Å². The second-order valence-electron chi connectivity index (χ2n) is 9.43. The highest BCUT2D eigenvalue weighted by Gasteiger charge is 2.31. The van der Waals surface area contributed by atoms with Gasteiger partial charge in [-0.1, -0.05) is 60.5 Å². The van der Waals surface area contributed by atoms with Gasteiger partial charge in [0.05, 0.1) is 11.7 Å². The number of ether oxygens (including phenoxy) is 1. The summed E-state index contributed by atoms with van der Waals surface area (Å²) in [5.74, 6) is 1.72. The molecule has 4 rings (SSSR count). The number of benzene rings is 3. The Bertz CT molecular complexity index is 998. The first-order valence-corrected chi connectivity index (χ1v) is 12.0. The maximum Gasteiger partial charge on any atom is 0.0879 e. The Labute approximate surface area is 184 Å². The molecule has 1 fully saturated rings. The summed E-state index contributed by atoms with van der Waals surface area (Å²) in [5, 5.41) is 5.09. The molecular weight excluding hydrogens is 420 g/mol. The van der Waals surface area contributed by atoms with Crippen molar-refractivity contribution in [3.8, 4) is 0 Å². The number of hydrogen-bond donors (Lipinski definition) is 0. The first kappa shape index (κ1) is 20.9. The van der Waals surface area contributed by atoms with E-state index in [2.05, 4.69) is 92.2 Å². The molecule has 0 amide bonds. The van der Waals surface area contributed by atoms with Crippen molar-refractivity contribution in [2.45, 2.75) is 71.5 Å². The summed E-state index contributed by atoms with van der Waals surface area (Å²) in [6.07, 6.45) is 6.67. The number of rotatable bonds is 5. The average Bonchev–Trinajstić information content (AvgIpc) is 2.72. The van der Waals surface area contributed by atoms with Gasteiger partial charge in [-0.15, -0.1) is 0 Å². The molecule has 0 heterocycles. The van der Waals surface area contributed by atoms with Crippen LogP contribution in [0.5, 0.6) is 0 Å². The summed E-state index contributed by atoms with van der Waals surface area (Å²) in [7, 11) is 0. The summed E-state index contributed by atoms with van der Waals surface area (Å²) in [6, 6.07) is 17.7. The van der Waals surface area contributed by atoms with E-state index in [0.717, 1.165) is 16.3 Å². The van der Waals surface area contributed by atoms with E-state index in [1.165, 1.54) is 59.2 Å². The molecule has 1 unspecified atom stereocenters. The lowest BCUT2D eigenvalue weighted by Crippen LogP contribution is -2.32. The van der Waals surface area contributed by atoms with Crippen LogP contribution in [0.1, 0.15) is 65.4 Å². The van der Waals surface area contributed by atoms with Gasteiger partial charge in [0.25, 0.3) is 0 Å². The first-order valence-electron chi connectivity index (χ1n) is 11.2. The molecule has 3 aromatic rings. The SMILES string of the molecule is CCC(C)C1CCC(OC(C)(C)c2cc(Br)c3cc4ccccc4cc3c2)CC1. The Morgan fingerprint density at radius 1 is 0.966 bits per heavy atom. The van der Waals surface area contributed by atoms with Gasteiger partial charge in [0.15, 0.2) is 0 Å². The fourth-order valence-corrected chi connectivity index (χ4v) is 5.54. The van der Waals surface area contributed by atoms with Crippen molar-refractivity contribution in [3.05, 3.63) is 58.6 Å². The van der Waals surface area contributed by atoms with Crippen molar-refractivity contribution in [3.63, 3.8) is 0 Å². The maximum absolute atomic E-state index is 6.70. The molecule has 2 heteroatoms. The van der Waals surface area contributed by atoms with Crippen LogP contribution in [0.2, 0.25) is 0 Å². The Kier molecular flexibility index (Phi) is 6.04. The van der Waals surface area contributed by atoms with E-state index in [4.69, 9.17) is 4.74 Å². The highest BCUT2D eigenvalue weighted by Crippen LogP contribution is 2.39. The summed E-state index contributed by atoms with van der Waals surface area (Å²) in [6.45, 7) is 9.17. The van der Waals surface area contributed by atoms with Crippen molar-refractivity contribution in [1.29, 1.82) is 0 Å². The first-order chi connectivity index (χ1) is 13.9. The zero-order valence-electron chi connectivity index (χ0n) is 18.2. The predicted molar refractivity (Wildman–Crippen MR) is 128 cm³/mol. The van der Waals surface area contributed by atoms with E-state index >= 15 is 0 Å². The third kappa shape index (κ3) is 4.39. The molecule has 1 saturated carbocycles. The van der Waals surface area contributed by atoms with Crippen LogP contribution in [0.15, 0.2) is 53.0 Å². The van der Waals surface area contributed by atoms with Crippen molar-refractivity contribution < 1.29 is 4.74 Å². The Morgan fingerprint density at radius 3 is 2.28 bits per heavy atom. The normalized spacial score (nSPS) is 21.6. The molecule has 0 saturated heterocycles. The molecule has 29 heavy (non-hydrogen) atoms. The van der Waals surface area contributed by atoms with E-state index in [1.54, 1.807) is 0 Å². The van der Waals surface area contributed by atoms with Crippen LogP contribution in [0.4, 0.5) is 0 Å². The van der Waals surface area contributed by atoms with E-state index in [9.17, 15) is 0 Å². The molecular formula is C27H33BrO. The predicted octanol–water partition coefficient (Wildman–Crippen LogP) is 8.61. The van der Waals surface area contributed by atoms with Crippen LogP contribution in [0.25, 0.3) is 21.5 Å². The molecule has 1 atom stereocenters.